The molecule has 0 aliphatic heterocycles. The maximum Gasteiger partial charge on any atom is 0.435 e. The van der Waals surface area contributed by atoms with Crippen LogP contribution in [0.2, 0.25) is 0 Å². The Morgan fingerprint density at radius 2 is 1.55 bits per heavy atom. The largest absolute Gasteiger partial charge is 0.506 e. The third-order valence-electron chi connectivity index (χ3n) is 2.40. The molecule has 9 heteroatoms. The highest BCUT2D eigenvalue weighted by Crippen LogP contribution is 2.37. The number of phenols is 1. The first kappa shape index (κ1) is 14.2. The Bertz CT molecular complexity index is 629. The molecule has 0 atom stereocenters. The molecule has 0 bridgehead atoms. The van der Waals surface area contributed by atoms with Gasteiger partial charge < -0.3 is 5.11 Å². The molecule has 0 radical (unpaired) electrons. The number of benzene rings is 1. The molecule has 0 aliphatic carbocycles. The van der Waals surface area contributed by atoms with Crippen LogP contribution >= 0.6 is 0 Å². The molecule has 0 aliphatic rings. The average Bonchev–Trinajstić information content (AvgIpc) is 2.73. The zero-order valence-electron chi connectivity index (χ0n) is 9.50. The van der Waals surface area contributed by atoms with E-state index in [2.05, 4.69) is 5.10 Å². The Morgan fingerprint density at radius 1 is 0.950 bits per heavy atom. The van der Waals surface area contributed by atoms with E-state index < -0.39 is 35.2 Å². The molecule has 1 heterocycles. The normalized spacial score (nSPS) is 12.7. The summed E-state index contributed by atoms with van der Waals surface area (Å²) in [4.78, 5) is 0. The van der Waals surface area contributed by atoms with Gasteiger partial charge in [-0.15, -0.1) is 0 Å². The lowest BCUT2D eigenvalue weighted by molar-refractivity contribution is -0.143. The van der Waals surface area contributed by atoms with E-state index in [9.17, 15) is 31.4 Å². The van der Waals surface area contributed by atoms with Gasteiger partial charge in [0.25, 0.3) is 0 Å². The van der Waals surface area contributed by atoms with Crippen molar-refractivity contribution in [2.24, 2.45) is 0 Å². The van der Waals surface area contributed by atoms with Crippen LogP contribution in [-0.4, -0.2) is 14.9 Å². The van der Waals surface area contributed by atoms with Crippen LogP contribution in [0.5, 0.6) is 5.75 Å². The number of aromatic nitrogens is 2. The minimum Gasteiger partial charge on any atom is -0.506 e. The zero-order chi connectivity index (χ0) is 15.1. The molecule has 0 unspecified atom stereocenters. The van der Waals surface area contributed by atoms with Gasteiger partial charge in [-0.2, -0.15) is 31.4 Å². The summed E-state index contributed by atoms with van der Waals surface area (Å²) < 4.78 is 75.7. The van der Waals surface area contributed by atoms with E-state index in [4.69, 9.17) is 0 Å². The van der Waals surface area contributed by atoms with Crippen LogP contribution in [0, 0.1) is 0 Å². The number of alkyl halides is 6. The van der Waals surface area contributed by atoms with Gasteiger partial charge in [-0.3, -0.25) is 0 Å². The third kappa shape index (κ3) is 2.56. The van der Waals surface area contributed by atoms with Gasteiger partial charge in [-0.05, 0) is 12.1 Å². The van der Waals surface area contributed by atoms with E-state index in [0.29, 0.717) is 0 Å². The van der Waals surface area contributed by atoms with Gasteiger partial charge in [-0.1, -0.05) is 12.1 Å². The first-order valence-corrected chi connectivity index (χ1v) is 5.13. The molecule has 1 N–H and O–H groups in total. The fourth-order valence-corrected chi connectivity index (χ4v) is 1.55. The van der Waals surface area contributed by atoms with E-state index in [1.54, 1.807) is 0 Å². The molecule has 3 nitrogen and oxygen atoms in total. The molecule has 1 aromatic carbocycles. The van der Waals surface area contributed by atoms with Crippen molar-refractivity contribution in [3.05, 3.63) is 41.7 Å². The Labute approximate surface area is 108 Å². The van der Waals surface area contributed by atoms with E-state index in [0.717, 1.165) is 12.1 Å². The quantitative estimate of drug-likeness (QED) is 0.816. The highest BCUT2D eigenvalue weighted by molar-refractivity contribution is 5.46. The lowest BCUT2D eigenvalue weighted by Gasteiger charge is -2.11. The lowest BCUT2D eigenvalue weighted by atomic mass is 10.3. The molecular weight excluding hydrogens is 290 g/mol. The van der Waals surface area contributed by atoms with Gasteiger partial charge in [-0.25, -0.2) is 4.68 Å². The zero-order valence-corrected chi connectivity index (χ0v) is 9.50. The Hall–Kier alpha value is -2.19. The van der Waals surface area contributed by atoms with Crippen molar-refractivity contribution in [3.63, 3.8) is 0 Å². The van der Waals surface area contributed by atoms with Gasteiger partial charge in [0.1, 0.15) is 17.1 Å². The number of aromatic hydroxyl groups is 1. The summed E-state index contributed by atoms with van der Waals surface area (Å²) in [6.45, 7) is 0. The fraction of sp³-hybridized carbons (Fsp3) is 0.182. The summed E-state index contributed by atoms with van der Waals surface area (Å²) in [5.41, 5.74) is -3.80. The van der Waals surface area contributed by atoms with Crippen molar-refractivity contribution < 1.29 is 31.4 Å². The molecule has 0 spiro atoms. The second-order valence-electron chi connectivity index (χ2n) is 3.81. The van der Waals surface area contributed by atoms with Gasteiger partial charge in [0.15, 0.2) is 5.69 Å². The fourth-order valence-electron chi connectivity index (χ4n) is 1.55. The van der Waals surface area contributed by atoms with Gasteiger partial charge >= 0.3 is 12.4 Å². The molecule has 1 aromatic heterocycles. The second kappa shape index (κ2) is 4.43. The molecule has 0 fully saturated rings. The molecule has 2 aromatic rings. The molecule has 20 heavy (non-hydrogen) atoms. The molecule has 108 valence electrons. The summed E-state index contributed by atoms with van der Waals surface area (Å²) in [5, 5.41) is 12.3. The Kier molecular flexibility index (Phi) is 3.15. The highest BCUT2D eigenvalue weighted by Gasteiger charge is 2.42. The number of hydrogen-bond acceptors (Lipinski definition) is 2. The molecule has 0 saturated carbocycles. The maximum atomic E-state index is 12.8. The topological polar surface area (TPSA) is 38.0 Å². The first-order valence-electron chi connectivity index (χ1n) is 5.13. The monoisotopic (exact) mass is 296 g/mol. The average molecular weight is 296 g/mol. The number of phenolic OH excluding ortho intramolecular Hbond substituents is 1. The van der Waals surface area contributed by atoms with Crippen molar-refractivity contribution in [2.45, 2.75) is 12.4 Å². The SMILES string of the molecule is Oc1ccccc1-n1nc(C(F)(F)F)cc1C(F)(F)F. The van der Waals surface area contributed by atoms with Crippen molar-refractivity contribution in [1.82, 2.24) is 9.78 Å². The van der Waals surface area contributed by atoms with Crippen molar-refractivity contribution in [3.8, 4) is 11.4 Å². The van der Waals surface area contributed by atoms with Gasteiger partial charge in [0.05, 0.1) is 0 Å². The van der Waals surface area contributed by atoms with Crippen LogP contribution in [0.4, 0.5) is 26.3 Å². The van der Waals surface area contributed by atoms with Gasteiger partial charge in [0, 0.05) is 6.07 Å². The Balaban J connectivity index is 2.69. The van der Waals surface area contributed by atoms with Crippen LogP contribution in [0.15, 0.2) is 30.3 Å². The van der Waals surface area contributed by atoms with E-state index in [1.165, 1.54) is 12.1 Å². The van der Waals surface area contributed by atoms with E-state index in [-0.39, 0.29) is 10.7 Å². The summed E-state index contributed by atoms with van der Waals surface area (Å²) in [6, 6.07) is 4.55. The first-order chi connectivity index (χ1) is 9.10. The molecule has 0 amide bonds. The number of hydrogen-bond donors (Lipinski definition) is 1. The summed E-state index contributed by atoms with van der Waals surface area (Å²) >= 11 is 0. The number of rotatable bonds is 1. The van der Waals surface area contributed by atoms with Crippen LogP contribution in [0.25, 0.3) is 5.69 Å². The van der Waals surface area contributed by atoms with Crippen molar-refractivity contribution >= 4 is 0 Å². The van der Waals surface area contributed by atoms with Gasteiger partial charge in [0.2, 0.25) is 0 Å². The van der Waals surface area contributed by atoms with E-state index in [1.807, 2.05) is 0 Å². The summed E-state index contributed by atoms with van der Waals surface area (Å²) in [7, 11) is 0. The second-order valence-corrected chi connectivity index (χ2v) is 3.81. The summed E-state index contributed by atoms with van der Waals surface area (Å²) in [5.74, 6) is -0.616. The van der Waals surface area contributed by atoms with Crippen LogP contribution in [-0.2, 0) is 12.4 Å². The van der Waals surface area contributed by atoms with Crippen molar-refractivity contribution in [2.75, 3.05) is 0 Å². The minimum absolute atomic E-state index is 0.0259. The lowest BCUT2D eigenvalue weighted by Crippen LogP contribution is -2.13. The summed E-state index contributed by atoms with van der Waals surface area (Å²) in [6.07, 6.45) is -10.1. The highest BCUT2D eigenvalue weighted by atomic mass is 19.4. The molecule has 2 rings (SSSR count). The maximum absolute atomic E-state index is 12.8. The van der Waals surface area contributed by atoms with Crippen molar-refractivity contribution in [1.29, 1.82) is 0 Å². The predicted molar refractivity (Wildman–Crippen MR) is 55.2 cm³/mol. The number of para-hydroxylation sites is 2. The van der Waals surface area contributed by atoms with Crippen LogP contribution in [0.3, 0.4) is 0 Å². The van der Waals surface area contributed by atoms with E-state index >= 15 is 0 Å². The number of halogens is 6. The molecule has 0 saturated heterocycles. The van der Waals surface area contributed by atoms with Crippen LogP contribution < -0.4 is 0 Å². The number of nitrogens with zero attached hydrogens (tertiary/aromatic N) is 2. The van der Waals surface area contributed by atoms with Crippen LogP contribution in [0.1, 0.15) is 11.4 Å². The molecular formula is C11H6F6N2O. The smallest absolute Gasteiger partial charge is 0.435 e. The predicted octanol–water partition coefficient (Wildman–Crippen LogP) is 3.62. The standard InChI is InChI=1S/C11H6F6N2O/c12-10(13,14)8-5-9(11(15,16)17)19(18-8)6-3-1-2-4-7(6)20/h1-5,20H. The minimum atomic E-state index is -5.04. The Morgan fingerprint density at radius 3 is 2.05 bits per heavy atom. The third-order valence-corrected chi connectivity index (χ3v) is 2.40.